The van der Waals surface area contributed by atoms with E-state index in [1.807, 2.05) is 4.90 Å². The monoisotopic (exact) mass is 261 g/mol. The minimum Gasteiger partial charge on any atom is -0.340 e. The van der Waals surface area contributed by atoms with Crippen molar-refractivity contribution in [2.24, 2.45) is 0 Å². The molecule has 1 fully saturated rings. The Hall–Kier alpha value is -0.320. The fraction of sp³-hybridized carbons (Fsp3) is 0.917. The molecule has 0 radical (unpaired) electrons. The second-order valence-corrected chi connectivity index (χ2v) is 5.20. The smallest absolute Gasteiger partial charge is 0.222 e. The lowest BCUT2D eigenvalue weighted by atomic mass is 10.2. The molecule has 17 heavy (non-hydrogen) atoms. The molecule has 0 aromatic carbocycles. The zero-order valence-electron chi connectivity index (χ0n) is 11.0. The van der Waals surface area contributed by atoms with Crippen molar-refractivity contribution in [2.75, 3.05) is 59.2 Å². The average molecular weight is 262 g/mol. The number of rotatable bonds is 6. The first-order valence-electron chi connectivity index (χ1n) is 6.34. The first-order chi connectivity index (χ1) is 8.13. The minimum absolute atomic E-state index is 0.262. The number of nitrogens with zero attached hydrogens (tertiary/aromatic N) is 3. The van der Waals surface area contributed by atoms with Gasteiger partial charge in [0.1, 0.15) is 0 Å². The van der Waals surface area contributed by atoms with E-state index < -0.39 is 0 Å². The predicted molar refractivity (Wildman–Crippen MR) is 71.5 cm³/mol. The van der Waals surface area contributed by atoms with E-state index in [9.17, 15) is 4.79 Å². The molecule has 0 unspecified atom stereocenters. The third-order valence-electron chi connectivity index (χ3n) is 3.11. The average Bonchev–Trinajstić information content (AvgIpc) is 2.34. The molecule has 0 bridgehead atoms. The van der Waals surface area contributed by atoms with Gasteiger partial charge in [-0.05, 0) is 20.5 Å². The second-order valence-electron chi connectivity index (χ2n) is 4.82. The minimum atomic E-state index is 0.262. The van der Waals surface area contributed by atoms with Crippen molar-refractivity contribution >= 4 is 17.5 Å². The number of halogens is 1. The lowest BCUT2D eigenvalue weighted by molar-refractivity contribution is -0.132. The molecule has 0 spiro atoms. The van der Waals surface area contributed by atoms with Crippen LogP contribution < -0.4 is 0 Å². The molecular weight excluding hydrogens is 238 g/mol. The first kappa shape index (κ1) is 14.7. The van der Waals surface area contributed by atoms with Crippen LogP contribution in [0.25, 0.3) is 0 Å². The van der Waals surface area contributed by atoms with Crippen molar-refractivity contribution in [3.05, 3.63) is 0 Å². The molecule has 5 heteroatoms. The van der Waals surface area contributed by atoms with Crippen LogP contribution in [0, 0.1) is 0 Å². The quantitative estimate of drug-likeness (QED) is 0.659. The zero-order chi connectivity index (χ0) is 12.7. The van der Waals surface area contributed by atoms with Gasteiger partial charge in [0.05, 0.1) is 0 Å². The summed E-state index contributed by atoms with van der Waals surface area (Å²) in [4.78, 5) is 18.4. The summed E-state index contributed by atoms with van der Waals surface area (Å²) in [5, 5.41) is 0. The number of alkyl halides is 1. The summed E-state index contributed by atoms with van der Waals surface area (Å²) in [5.74, 6) is 0.840. The molecule has 0 aromatic heterocycles. The third kappa shape index (κ3) is 5.70. The molecule has 1 heterocycles. The summed E-state index contributed by atoms with van der Waals surface area (Å²) in [6.45, 7) is 5.92. The molecular formula is C12H24ClN3O. The zero-order valence-corrected chi connectivity index (χ0v) is 11.7. The van der Waals surface area contributed by atoms with Crippen LogP contribution in [0.2, 0.25) is 0 Å². The maximum atomic E-state index is 11.8. The van der Waals surface area contributed by atoms with Crippen molar-refractivity contribution in [1.82, 2.24) is 14.7 Å². The van der Waals surface area contributed by atoms with Crippen LogP contribution in [0.1, 0.15) is 12.8 Å². The Bertz CT molecular complexity index is 228. The highest BCUT2D eigenvalue weighted by molar-refractivity contribution is 6.17. The molecule has 1 aliphatic heterocycles. The standard InChI is InChI=1S/C12H24ClN3O/c1-14(2)6-7-15-8-10-16(11-9-15)12(17)4-3-5-13/h3-11H2,1-2H3. The highest BCUT2D eigenvalue weighted by atomic mass is 35.5. The molecule has 0 aromatic rings. The Labute approximate surface area is 109 Å². The summed E-state index contributed by atoms with van der Waals surface area (Å²) < 4.78 is 0. The van der Waals surface area contributed by atoms with Crippen molar-refractivity contribution in [3.63, 3.8) is 0 Å². The van der Waals surface area contributed by atoms with Gasteiger partial charge in [0.15, 0.2) is 0 Å². The van der Waals surface area contributed by atoms with E-state index in [2.05, 4.69) is 23.9 Å². The number of amides is 1. The van der Waals surface area contributed by atoms with Crippen molar-refractivity contribution in [2.45, 2.75) is 12.8 Å². The Morgan fingerprint density at radius 3 is 2.41 bits per heavy atom. The summed E-state index contributed by atoms with van der Waals surface area (Å²) >= 11 is 5.59. The first-order valence-corrected chi connectivity index (χ1v) is 6.87. The van der Waals surface area contributed by atoms with E-state index in [-0.39, 0.29) is 5.91 Å². The summed E-state index contributed by atoms with van der Waals surface area (Å²) in [5.41, 5.74) is 0. The topological polar surface area (TPSA) is 26.8 Å². The molecule has 0 N–H and O–H groups in total. The molecule has 4 nitrogen and oxygen atoms in total. The molecule has 1 aliphatic rings. The summed E-state index contributed by atoms with van der Waals surface area (Å²) in [6.07, 6.45) is 1.39. The van der Waals surface area contributed by atoms with Gasteiger partial charge in [-0.25, -0.2) is 0 Å². The van der Waals surface area contributed by atoms with Gasteiger partial charge in [0, 0.05) is 51.6 Å². The molecule has 1 saturated heterocycles. The van der Waals surface area contributed by atoms with E-state index in [4.69, 9.17) is 11.6 Å². The van der Waals surface area contributed by atoms with Gasteiger partial charge >= 0.3 is 0 Å². The van der Waals surface area contributed by atoms with Crippen LogP contribution in [0.15, 0.2) is 0 Å². The summed E-state index contributed by atoms with van der Waals surface area (Å²) in [7, 11) is 4.18. The number of hydrogen-bond donors (Lipinski definition) is 0. The van der Waals surface area contributed by atoms with Gasteiger partial charge in [-0.2, -0.15) is 0 Å². The lowest BCUT2D eigenvalue weighted by Crippen LogP contribution is -2.49. The molecule has 1 amide bonds. The largest absolute Gasteiger partial charge is 0.340 e. The van der Waals surface area contributed by atoms with Gasteiger partial charge in [-0.3, -0.25) is 9.69 Å². The maximum absolute atomic E-state index is 11.8. The van der Waals surface area contributed by atoms with Crippen LogP contribution in [0.3, 0.4) is 0 Å². The van der Waals surface area contributed by atoms with Crippen LogP contribution >= 0.6 is 11.6 Å². The Balaban J connectivity index is 2.18. The van der Waals surface area contributed by atoms with E-state index in [1.54, 1.807) is 0 Å². The van der Waals surface area contributed by atoms with E-state index >= 15 is 0 Å². The number of carbonyl (C=O) groups is 1. The van der Waals surface area contributed by atoms with Crippen molar-refractivity contribution in [3.8, 4) is 0 Å². The van der Waals surface area contributed by atoms with Gasteiger partial charge in [-0.15, -0.1) is 11.6 Å². The van der Waals surface area contributed by atoms with Crippen LogP contribution in [0.5, 0.6) is 0 Å². The van der Waals surface area contributed by atoms with E-state index in [1.165, 1.54) is 0 Å². The normalized spacial score (nSPS) is 17.8. The second kappa shape index (κ2) is 7.90. The van der Waals surface area contributed by atoms with Crippen molar-refractivity contribution < 1.29 is 4.79 Å². The number of carbonyl (C=O) groups excluding carboxylic acids is 1. The highest BCUT2D eigenvalue weighted by Gasteiger charge is 2.20. The molecule has 100 valence electrons. The van der Waals surface area contributed by atoms with Crippen molar-refractivity contribution in [1.29, 1.82) is 0 Å². The van der Waals surface area contributed by atoms with E-state index in [0.717, 1.165) is 45.7 Å². The number of piperazine rings is 1. The molecule has 0 atom stereocenters. The fourth-order valence-corrected chi connectivity index (χ4v) is 2.07. The molecule has 1 rings (SSSR count). The van der Waals surface area contributed by atoms with E-state index in [0.29, 0.717) is 12.3 Å². The lowest BCUT2D eigenvalue weighted by Gasteiger charge is -2.35. The van der Waals surface area contributed by atoms with Crippen LogP contribution in [0.4, 0.5) is 0 Å². The predicted octanol–water partition coefficient (Wildman–Crippen LogP) is 0.711. The Morgan fingerprint density at radius 1 is 1.24 bits per heavy atom. The van der Waals surface area contributed by atoms with Crippen LogP contribution in [-0.2, 0) is 4.79 Å². The Kier molecular flexibility index (Phi) is 6.85. The molecule has 0 saturated carbocycles. The third-order valence-corrected chi connectivity index (χ3v) is 3.38. The summed E-state index contributed by atoms with van der Waals surface area (Å²) in [6, 6.07) is 0. The van der Waals surface area contributed by atoms with Gasteiger partial charge in [-0.1, -0.05) is 0 Å². The SMILES string of the molecule is CN(C)CCN1CCN(C(=O)CCCCl)CC1. The van der Waals surface area contributed by atoms with Crippen LogP contribution in [-0.4, -0.2) is 79.9 Å². The van der Waals surface area contributed by atoms with Gasteiger partial charge in [0.25, 0.3) is 0 Å². The molecule has 0 aliphatic carbocycles. The van der Waals surface area contributed by atoms with Gasteiger partial charge < -0.3 is 9.80 Å². The number of likely N-dealkylation sites (N-methyl/N-ethyl adjacent to an activating group) is 1. The van der Waals surface area contributed by atoms with Gasteiger partial charge in [0.2, 0.25) is 5.91 Å². The highest BCUT2D eigenvalue weighted by Crippen LogP contribution is 2.05. The fourth-order valence-electron chi connectivity index (χ4n) is 1.94. The maximum Gasteiger partial charge on any atom is 0.222 e. The number of hydrogen-bond acceptors (Lipinski definition) is 3. The Morgan fingerprint density at radius 2 is 1.88 bits per heavy atom.